The van der Waals surface area contributed by atoms with Crippen LogP contribution < -0.4 is 11.1 Å². The minimum atomic E-state index is -3.25. The van der Waals surface area contributed by atoms with E-state index >= 15 is 0 Å². The molecule has 3 N–H and O–H groups in total. The number of hydrogen-bond acceptors (Lipinski definition) is 5. The van der Waals surface area contributed by atoms with Crippen LogP contribution in [0, 0.1) is 0 Å². The van der Waals surface area contributed by atoms with E-state index in [0.717, 1.165) is 30.4 Å². The van der Waals surface area contributed by atoms with Crippen LogP contribution >= 0.6 is 0 Å². The number of hydrogen-bond donors (Lipinski definition) is 2. The summed E-state index contributed by atoms with van der Waals surface area (Å²) < 4.78 is 23.2. The Morgan fingerprint density at radius 2 is 1.92 bits per heavy atom. The van der Waals surface area contributed by atoms with Gasteiger partial charge in [-0.3, -0.25) is 4.79 Å². The Bertz CT molecular complexity index is 888. The van der Waals surface area contributed by atoms with E-state index in [2.05, 4.69) is 10.3 Å². The predicted octanol–water partition coefficient (Wildman–Crippen LogP) is 1.81. The molecule has 1 heterocycles. The van der Waals surface area contributed by atoms with Gasteiger partial charge in [0.25, 0.3) is 0 Å². The van der Waals surface area contributed by atoms with E-state index in [4.69, 9.17) is 5.73 Å². The number of aromatic nitrogens is 1. The van der Waals surface area contributed by atoms with Crippen molar-refractivity contribution in [3.05, 3.63) is 53.7 Å². The van der Waals surface area contributed by atoms with E-state index in [0.29, 0.717) is 12.4 Å². The van der Waals surface area contributed by atoms with Gasteiger partial charge in [0, 0.05) is 24.6 Å². The van der Waals surface area contributed by atoms with E-state index in [9.17, 15) is 13.2 Å². The number of pyridine rings is 1. The van der Waals surface area contributed by atoms with Gasteiger partial charge >= 0.3 is 0 Å². The quantitative estimate of drug-likeness (QED) is 0.847. The Morgan fingerprint density at radius 3 is 2.44 bits per heavy atom. The number of sulfone groups is 1. The van der Waals surface area contributed by atoms with Crippen molar-refractivity contribution >= 4 is 21.6 Å². The Labute approximate surface area is 147 Å². The molecule has 1 aliphatic carbocycles. The van der Waals surface area contributed by atoms with Gasteiger partial charge in [-0.25, -0.2) is 13.4 Å². The fourth-order valence-corrected chi connectivity index (χ4v) is 3.77. The van der Waals surface area contributed by atoms with Gasteiger partial charge in [0.05, 0.1) is 10.3 Å². The minimum absolute atomic E-state index is 0.0610. The molecule has 0 bridgehead atoms. The molecule has 0 saturated heterocycles. The minimum Gasteiger partial charge on any atom is -0.383 e. The smallest absolute Gasteiger partial charge is 0.230 e. The van der Waals surface area contributed by atoms with Gasteiger partial charge in [-0.15, -0.1) is 0 Å². The topological polar surface area (TPSA) is 102 Å². The highest BCUT2D eigenvalue weighted by Gasteiger charge is 2.45. The zero-order valence-corrected chi connectivity index (χ0v) is 14.8. The predicted molar refractivity (Wildman–Crippen MR) is 95.6 cm³/mol. The summed E-state index contributed by atoms with van der Waals surface area (Å²) in [6.07, 6.45) is 5.25. The van der Waals surface area contributed by atoms with E-state index in [-0.39, 0.29) is 10.8 Å². The highest BCUT2D eigenvalue weighted by molar-refractivity contribution is 7.90. The van der Waals surface area contributed by atoms with Gasteiger partial charge < -0.3 is 11.1 Å². The number of carbonyl (C=O) groups is 1. The highest BCUT2D eigenvalue weighted by atomic mass is 32.2. The first-order chi connectivity index (χ1) is 11.8. The zero-order valence-electron chi connectivity index (χ0n) is 14.0. The van der Waals surface area contributed by atoms with Crippen LogP contribution in [0.4, 0.5) is 5.82 Å². The third-order valence-electron chi connectivity index (χ3n) is 4.84. The van der Waals surface area contributed by atoms with Crippen LogP contribution in [-0.4, -0.2) is 25.6 Å². The number of rotatable bonds is 5. The highest BCUT2D eigenvalue weighted by Crippen LogP contribution is 2.44. The van der Waals surface area contributed by atoms with E-state index < -0.39 is 15.3 Å². The molecule has 0 unspecified atom stereocenters. The largest absolute Gasteiger partial charge is 0.383 e. The molecule has 1 aliphatic rings. The normalized spacial score (nSPS) is 16.0. The summed E-state index contributed by atoms with van der Waals surface area (Å²) in [6.45, 7) is 0.321. The second kappa shape index (κ2) is 6.48. The van der Waals surface area contributed by atoms with Crippen molar-refractivity contribution in [1.29, 1.82) is 0 Å². The molecule has 0 spiro atoms. The zero-order chi connectivity index (χ0) is 18.1. The van der Waals surface area contributed by atoms with Gasteiger partial charge in [0.2, 0.25) is 5.91 Å². The fourth-order valence-electron chi connectivity index (χ4n) is 3.14. The third kappa shape index (κ3) is 3.37. The molecule has 0 radical (unpaired) electrons. The lowest BCUT2D eigenvalue weighted by Crippen LogP contribution is -2.49. The molecule has 0 atom stereocenters. The number of nitrogens with zero attached hydrogens (tertiary/aromatic N) is 1. The number of carbonyl (C=O) groups excluding carboxylic acids is 1. The second-order valence-electron chi connectivity index (χ2n) is 6.46. The lowest BCUT2D eigenvalue weighted by atomic mass is 9.64. The molecule has 7 heteroatoms. The fraction of sp³-hybridized carbons (Fsp3) is 0.333. The molecular weight excluding hydrogens is 338 g/mol. The number of nitrogens with one attached hydrogen (secondary N) is 1. The third-order valence-corrected chi connectivity index (χ3v) is 5.97. The number of nitrogen functional groups attached to an aromatic ring is 1. The van der Waals surface area contributed by atoms with Crippen LogP contribution in [0.5, 0.6) is 0 Å². The van der Waals surface area contributed by atoms with Crippen molar-refractivity contribution in [2.75, 3.05) is 12.0 Å². The van der Waals surface area contributed by atoms with Crippen LogP contribution in [-0.2, 0) is 26.6 Å². The maximum Gasteiger partial charge on any atom is 0.230 e. The van der Waals surface area contributed by atoms with E-state index in [1.165, 1.54) is 6.26 Å². The van der Waals surface area contributed by atoms with Crippen LogP contribution in [0.15, 0.2) is 47.5 Å². The molecule has 1 saturated carbocycles. The first kappa shape index (κ1) is 17.4. The van der Waals surface area contributed by atoms with Crippen LogP contribution in [0.3, 0.4) is 0 Å². The first-order valence-corrected chi connectivity index (χ1v) is 10.0. The molecule has 1 aromatic heterocycles. The van der Waals surface area contributed by atoms with Crippen LogP contribution in [0.25, 0.3) is 0 Å². The molecule has 1 amide bonds. The first-order valence-electron chi connectivity index (χ1n) is 8.11. The molecule has 25 heavy (non-hydrogen) atoms. The molecule has 6 nitrogen and oxygen atoms in total. The van der Waals surface area contributed by atoms with E-state index in [1.54, 1.807) is 36.5 Å². The number of amides is 1. The monoisotopic (exact) mass is 359 g/mol. The van der Waals surface area contributed by atoms with Crippen molar-refractivity contribution in [3.8, 4) is 0 Å². The Balaban J connectivity index is 1.78. The van der Waals surface area contributed by atoms with Gasteiger partial charge in [-0.1, -0.05) is 24.6 Å². The van der Waals surface area contributed by atoms with Gasteiger partial charge in [0.1, 0.15) is 5.82 Å². The lowest BCUT2D eigenvalue weighted by Gasteiger charge is -2.40. The second-order valence-corrected chi connectivity index (χ2v) is 8.48. The maximum absolute atomic E-state index is 12.8. The standard InChI is InChI=1S/C18H21N3O3S/c1-25(23,24)15-7-5-14(6-8-15)18(9-3-10-18)17(22)21-12-13-4-2-11-20-16(13)19/h2,4-8,11H,3,9-10,12H2,1H3,(H2,19,20)(H,21,22). The molecule has 0 aliphatic heterocycles. The Morgan fingerprint density at radius 1 is 1.24 bits per heavy atom. The number of anilines is 1. The molecule has 2 aromatic rings. The average molecular weight is 359 g/mol. The SMILES string of the molecule is CS(=O)(=O)c1ccc(C2(C(=O)NCc3cccnc3N)CCC2)cc1. The number of benzene rings is 1. The van der Waals surface area contributed by atoms with Crippen molar-refractivity contribution in [3.63, 3.8) is 0 Å². The molecule has 1 fully saturated rings. The lowest BCUT2D eigenvalue weighted by molar-refractivity contribution is -0.130. The van der Waals surface area contributed by atoms with Crippen molar-refractivity contribution < 1.29 is 13.2 Å². The number of nitrogens with two attached hydrogens (primary N) is 1. The summed E-state index contributed by atoms with van der Waals surface area (Å²) >= 11 is 0. The average Bonchev–Trinajstić information content (AvgIpc) is 2.53. The van der Waals surface area contributed by atoms with Crippen LogP contribution in [0.1, 0.15) is 30.4 Å². The van der Waals surface area contributed by atoms with Gasteiger partial charge in [-0.05, 0) is 36.6 Å². The van der Waals surface area contributed by atoms with Crippen molar-refractivity contribution in [1.82, 2.24) is 10.3 Å². The van der Waals surface area contributed by atoms with Gasteiger partial charge in [-0.2, -0.15) is 0 Å². The molecule has 3 rings (SSSR count). The van der Waals surface area contributed by atoms with Crippen molar-refractivity contribution in [2.24, 2.45) is 0 Å². The summed E-state index contributed by atoms with van der Waals surface area (Å²) in [4.78, 5) is 17.1. The van der Waals surface area contributed by atoms with Crippen molar-refractivity contribution in [2.45, 2.75) is 36.1 Å². The Kier molecular flexibility index (Phi) is 4.51. The Hall–Kier alpha value is -2.41. The summed E-state index contributed by atoms with van der Waals surface area (Å²) in [5.74, 6) is 0.345. The summed E-state index contributed by atoms with van der Waals surface area (Å²) in [5, 5.41) is 2.95. The summed E-state index contributed by atoms with van der Waals surface area (Å²) in [5.41, 5.74) is 6.85. The van der Waals surface area contributed by atoms with Crippen LogP contribution in [0.2, 0.25) is 0 Å². The molecular formula is C18H21N3O3S. The summed E-state index contributed by atoms with van der Waals surface area (Å²) in [6, 6.07) is 10.2. The van der Waals surface area contributed by atoms with E-state index in [1.807, 2.05) is 6.07 Å². The summed E-state index contributed by atoms with van der Waals surface area (Å²) in [7, 11) is -3.25. The maximum atomic E-state index is 12.8. The molecule has 132 valence electrons. The van der Waals surface area contributed by atoms with Gasteiger partial charge in [0.15, 0.2) is 9.84 Å². The molecule has 1 aromatic carbocycles.